The van der Waals surface area contributed by atoms with Crippen LogP contribution in [0.25, 0.3) is 0 Å². The van der Waals surface area contributed by atoms with Crippen LogP contribution in [0.5, 0.6) is 11.5 Å². The quantitative estimate of drug-likeness (QED) is 0.447. The zero-order valence-corrected chi connectivity index (χ0v) is 14.5. The maximum absolute atomic E-state index is 13.7. The zero-order valence-electron chi connectivity index (χ0n) is 12.9. The Kier molecular flexibility index (Phi) is 6.14. The van der Waals surface area contributed by atoms with Crippen molar-refractivity contribution in [2.75, 3.05) is 7.11 Å². The molecule has 2 aromatic rings. The van der Waals surface area contributed by atoms with Crippen LogP contribution in [0.15, 0.2) is 51.1 Å². The lowest BCUT2D eigenvalue weighted by Gasteiger charge is -2.13. The van der Waals surface area contributed by atoms with E-state index in [0.717, 1.165) is 0 Å². The topological polar surface area (TPSA) is 95.2 Å². The minimum absolute atomic E-state index is 0.0725. The number of ether oxygens (including phenoxy) is 2. The van der Waals surface area contributed by atoms with Crippen molar-refractivity contribution >= 4 is 28.1 Å². The van der Waals surface area contributed by atoms with Crippen LogP contribution in [0.4, 0.5) is 4.39 Å². The minimum Gasteiger partial charge on any atom is -0.493 e. The summed E-state index contributed by atoms with van der Waals surface area (Å²) in [5.74, 6) is 0.460. The van der Waals surface area contributed by atoms with Gasteiger partial charge in [-0.15, -0.1) is 5.10 Å². The van der Waals surface area contributed by atoms with Gasteiger partial charge in [0.1, 0.15) is 12.4 Å². The number of guanidine groups is 1. The molecule has 6 nitrogen and oxygen atoms in total. The monoisotopic (exact) mass is 394 g/mol. The van der Waals surface area contributed by atoms with Gasteiger partial charge in [0.25, 0.3) is 0 Å². The molecule has 8 heteroatoms. The Morgan fingerprint density at radius 1 is 1.29 bits per heavy atom. The average molecular weight is 395 g/mol. The molecule has 0 saturated heterocycles. The molecule has 126 valence electrons. The van der Waals surface area contributed by atoms with Gasteiger partial charge >= 0.3 is 0 Å². The molecule has 2 aromatic carbocycles. The molecule has 0 fully saturated rings. The molecule has 0 amide bonds. The van der Waals surface area contributed by atoms with E-state index in [2.05, 4.69) is 26.1 Å². The molecule has 0 bridgehead atoms. The standard InChI is InChI=1S/C16H16BrFN4O2/c1-23-14-7-10(8-21-22-16(19)20)6-12(17)15(14)24-9-11-4-2-3-5-13(11)18/h2-8H,9H2,1H3,(H4,19,20,22). The number of halogens is 2. The maximum Gasteiger partial charge on any atom is 0.211 e. The zero-order chi connectivity index (χ0) is 17.5. The van der Waals surface area contributed by atoms with Crippen molar-refractivity contribution < 1.29 is 13.9 Å². The van der Waals surface area contributed by atoms with Crippen molar-refractivity contribution in [1.82, 2.24) is 0 Å². The summed E-state index contributed by atoms with van der Waals surface area (Å²) in [4.78, 5) is 0. The molecule has 0 unspecified atom stereocenters. The normalized spacial score (nSPS) is 10.6. The molecule has 0 saturated carbocycles. The molecule has 4 N–H and O–H groups in total. The molecule has 0 radical (unpaired) electrons. The van der Waals surface area contributed by atoms with Gasteiger partial charge in [0.2, 0.25) is 5.96 Å². The highest BCUT2D eigenvalue weighted by atomic mass is 79.9. The second kappa shape index (κ2) is 8.30. The first-order chi connectivity index (χ1) is 11.5. The van der Waals surface area contributed by atoms with Gasteiger partial charge in [-0.2, -0.15) is 5.10 Å². The van der Waals surface area contributed by atoms with Gasteiger partial charge in [0.15, 0.2) is 11.5 Å². The van der Waals surface area contributed by atoms with Gasteiger partial charge in [-0.05, 0) is 39.7 Å². The molecule has 0 aromatic heterocycles. The fourth-order valence-corrected chi connectivity index (χ4v) is 2.46. The summed E-state index contributed by atoms with van der Waals surface area (Å²) in [6, 6.07) is 9.87. The Balaban J connectivity index is 2.22. The van der Waals surface area contributed by atoms with Crippen LogP contribution >= 0.6 is 15.9 Å². The minimum atomic E-state index is -0.325. The summed E-state index contributed by atoms with van der Waals surface area (Å²) in [6.07, 6.45) is 1.47. The molecule has 2 rings (SSSR count). The van der Waals surface area contributed by atoms with Crippen molar-refractivity contribution in [1.29, 1.82) is 0 Å². The van der Waals surface area contributed by atoms with Gasteiger partial charge < -0.3 is 20.9 Å². The van der Waals surface area contributed by atoms with E-state index >= 15 is 0 Å². The van der Waals surface area contributed by atoms with Gasteiger partial charge in [-0.1, -0.05) is 18.2 Å². The molecule has 0 aliphatic carbocycles. The Bertz CT molecular complexity index is 777. The van der Waals surface area contributed by atoms with Gasteiger partial charge in [0.05, 0.1) is 17.8 Å². The fourth-order valence-electron chi connectivity index (χ4n) is 1.88. The lowest BCUT2D eigenvalue weighted by molar-refractivity contribution is 0.278. The lowest BCUT2D eigenvalue weighted by Crippen LogP contribution is -2.21. The van der Waals surface area contributed by atoms with Gasteiger partial charge in [-0.3, -0.25) is 0 Å². The molecule has 0 aliphatic heterocycles. The van der Waals surface area contributed by atoms with E-state index in [1.54, 1.807) is 30.3 Å². The first-order valence-corrected chi connectivity index (χ1v) is 7.66. The lowest BCUT2D eigenvalue weighted by atomic mass is 10.2. The maximum atomic E-state index is 13.7. The summed E-state index contributed by atoms with van der Waals surface area (Å²) < 4.78 is 25.3. The second-order valence-corrected chi connectivity index (χ2v) is 5.54. The summed E-state index contributed by atoms with van der Waals surface area (Å²) in [5, 5.41) is 7.26. The van der Waals surface area contributed by atoms with E-state index in [1.807, 2.05) is 0 Å². The van der Waals surface area contributed by atoms with Crippen LogP contribution in [0.2, 0.25) is 0 Å². The van der Waals surface area contributed by atoms with E-state index in [-0.39, 0.29) is 18.4 Å². The van der Waals surface area contributed by atoms with Gasteiger partial charge in [0, 0.05) is 5.56 Å². The number of hydrogen-bond acceptors (Lipinski definition) is 4. The molecular weight excluding hydrogens is 379 g/mol. The van der Waals surface area contributed by atoms with E-state index < -0.39 is 0 Å². The predicted molar refractivity (Wildman–Crippen MR) is 94.8 cm³/mol. The van der Waals surface area contributed by atoms with Crippen LogP contribution in [0.3, 0.4) is 0 Å². The first-order valence-electron chi connectivity index (χ1n) is 6.87. The highest BCUT2D eigenvalue weighted by Crippen LogP contribution is 2.37. The van der Waals surface area contributed by atoms with Crippen LogP contribution in [0.1, 0.15) is 11.1 Å². The van der Waals surface area contributed by atoms with Crippen LogP contribution in [0, 0.1) is 5.82 Å². The third-order valence-corrected chi connectivity index (χ3v) is 3.55. The number of hydrogen-bond donors (Lipinski definition) is 2. The summed E-state index contributed by atoms with van der Waals surface area (Å²) in [5.41, 5.74) is 11.6. The van der Waals surface area contributed by atoms with Crippen molar-refractivity contribution in [2.45, 2.75) is 6.61 Å². The number of methoxy groups -OCH3 is 1. The largest absolute Gasteiger partial charge is 0.493 e. The first kappa shape index (κ1) is 17.7. The van der Waals surface area contributed by atoms with E-state index in [4.69, 9.17) is 20.9 Å². The summed E-state index contributed by atoms with van der Waals surface area (Å²) in [7, 11) is 1.51. The smallest absolute Gasteiger partial charge is 0.211 e. The van der Waals surface area contributed by atoms with Gasteiger partial charge in [-0.25, -0.2) is 4.39 Å². The molecule has 0 spiro atoms. The molecule has 24 heavy (non-hydrogen) atoms. The molecule has 0 heterocycles. The molecule has 0 atom stereocenters. The van der Waals surface area contributed by atoms with E-state index in [1.165, 1.54) is 19.4 Å². The number of benzene rings is 2. The molecule has 0 aliphatic rings. The summed E-state index contributed by atoms with van der Waals surface area (Å²) >= 11 is 3.41. The Hall–Kier alpha value is -2.61. The van der Waals surface area contributed by atoms with Crippen LogP contribution < -0.4 is 20.9 Å². The average Bonchev–Trinajstić information content (AvgIpc) is 2.54. The Morgan fingerprint density at radius 3 is 2.71 bits per heavy atom. The number of nitrogens with two attached hydrogens (primary N) is 2. The van der Waals surface area contributed by atoms with E-state index in [0.29, 0.717) is 27.1 Å². The highest BCUT2D eigenvalue weighted by molar-refractivity contribution is 9.10. The second-order valence-electron chi connectivity index (χ2n) is 4.68. The fraction of sp³-hybridized carbons (Fsp3) is 0.125. The molecular formula is C16H16BrFN4O2. The van der Waals surface area contributed by atoms with Crippen molar-refractivity contribution in [3.63, 3.8) is 0 Å². The Morgan fingerprint density at radius 2 is 2.04 bits per heavy atom. The van der Waals surface area contributed by atoms with Crippen LogP contribution in [-0.2, 0) is 6.61 Å². The third-order valence-electron chi connectivity index (χ3n) is 2.96. The third kappa shape index (κ3) is 4.69. The predicted octanol–water partition coefficient (Wildman–Crippen LogP) is 2.78. The number of nitrogens with zero attached hydrogens (tertiary/aromatic N) is 2. The summed E-state index contributed by atoms with van der Waals surface area (Å²) in [6.45, 7) is 0.0725. The number of rotatable bonds is 6. The highest BCUT2D eigenvalue weighted by Gasteiger charge is 2.12. The van der Waals surface area contributed by atoms with Crippen molar-refractivity contribution in [3.8, 4) is 11.5 Å². The van der Waals surface area contributed by atoms with Crippen molar-refractivity contribution in [2.24, 2.45) is 21.7 Å². The van der Waals surface area contributed by atoms with E-state index in [9.17, 15) is 4.39 Å². The van der Waals surface area contributed by atoms with Crippen molar-refractivity contribution in [3.05, 3.63) is 57.8 Å². The SMILES string of the molecule is COc1cc(C=NN=C(N)N)cc(Br)c1OCc1ccccc1F. The van der Waals surface area contributed by atoms with Crippen LogP contribution in [-0.4, -0.2) is 19.3 Å². The Labute approximate surface area is 147 Å².